The lowest BCUT2D eigenvalue weighted by molar-refractivity contribution is -0.0162. The van der Waals surface area contributed by atoms with Crippen molar-refractivity contribution in [2.45, 2.75) is 26.4 Å². The summed E-state index contributed by atoms with van der Waals surface area (Å²) in [7, 11) is 1.58. The Balaban J connectivity index is 2.54. The van der Waals surface area contributed by atoms with Crippen LogP contribution in [0.5, 0.6) is 5.75 Å². The Morgan fingerprint density at radius 2 is 2.00 bits per heavy atom. The van der Waals surface area contributed by atoms with E-state index >= 15 is 0 Å². The van der Waals surface area contributed by atoms with Crippen molar-refractivity contribution in [2.75, 3.05) is 26.0 Å². The summed E-state index contributed by atoms with van der Waals surface area (Å²) in [5.41, 5.74) is 6.61. The average Bonchev–Trinajstić information content (AvgIpc) is 2.33. The standard InChI is InChI=1S/C14H22N2O3/c1-14(2,3)19-8-7-18-12-6-5-10(9-11(12)15)13(17)16-4/h5-6,9H,7-8,15H2,1-4H3,(H,16,17). The third-order valence-corrected chi connectivity index (χ3v) is 2.38. The summed E-state index contributed by atoms with van der Waals surface area (Å²) in [4.78, 5) is 11.4. The van der Waals surface area contributed by atoms with Gasteiger partial charge in [0.25, 0.3) is 5.91 Å². The molecular weight excluding hydrogens is 244 g/mol. The molecule has 3 N–H and O–H groups in total. The van der Waals surface area contributed by atoms with Crippen molar-refractivity contribution in [3.05, 3.63) is 23.8 Å². The highest BCUT2D eigenvalue weighted by Crippen LogP contribution is 2.22. The number of nitrogen functional groups attached to an aromatic ring is 1. The molecule has 5 nitrogen and oxygen atoms in total. The molecule has 0 aliphatic rings. The van der Waals surface area contributed by atoms with Crippen molar-refractivity contribution in [2.24, 2.45) is 0 Å². The van der Waals surface area contributed by atoms with Gasteiger partial charge in [-0.15, -0.1) is 0 Å². The van der Waals surface area contributed by atoms with Gasteiger partial charge in [0, 0.05) is 12.6 Å². The highest BCUT2D eigenvalue weighted by molar-refractivity contribution is 5.95. The van der Waals surface area contributed by atoms with E-state index in [1.807, 2.05) is 20.8 Å². The molecule has 1 aromatic rings. The van der Waals surface area contributed by atoms with Crippen LogP contribution in [0.4, 0.5) is 5.69 Å². The minimum absolute atomic E-state index is 0.172. The van der Waals surface area contributed by atoms with Gasteiger partial charge in [0.05, 0.1) is 17.9 Å². The van der Waals surface area contributed by atoms with Crippen LogP contribution in [0.1, 0.15) is 31.1 Å². The van der Waals surface area contributed by atoms with Crippen LogP contribution in [0, 0.1) is 0 Å². The smallest absolute Gasteiger partial charge is 0.251 e. The first-order valence-corrected chi connectivity index (χ1v) is 6.22. The van der Waals surface area contributed by atoms with Crippen LogP contribution < -0.4 is 15.8 Å². The quantitative estimate of drug-likeness (QED) is 0.630. The fraction of sp³-hybridized carbons (Fsp3) is 0.500. The summed E-state index contributed by atoms with van der Waals surface area (Å²) < 4.78 is 11.1. The fourth-order valence-corrected chi connectivity index (χ4v) is 1.46. The average molecular weight is 266 g/mol. The third-order valence-electron chi connectivity index (χ3n) is 2.38. The summed E-state index contributed by atoms with van der Waals surface area (Å²) in [6.45, 7) is 6.86. The molecule has 0 spiro atoms. The maximum Gasteiger partial charge on any atom is 0.251 e. The Morgan fingerprint density at radius 1 is 1.32 bits per heavy atom. The first-order valence-electron chi connectivity index (χ1n) is 6.22. The molecule has 0 aromatic heterocycles. The Labute approximate surface area is 114 Å². The zero-order valence-corrected chi connectivity index (χ0v) is 11.9. The summed E-state index contributed by atoms with van der Waals surface area (Å²) in [6, 6.07) is 4.96. The number of hydrogen-bond acceptors (Lipinski definition) is 4. The van der Waals surface area contributed by atoms with Crippen LogP contribution in [0.15, 0.2) is 18.2 Å². The summed E-state index contributed by atoms with van der Waals surface area (Å²) in [6.07, 6.45) is 0. The molecular formula is C14H22N2O3. The maximum absolute atomic E-state index is 11.4. The molecule has 0 saturated carbocycles. The normalized spacial score (nSPS) is 11.2. The molecule has 19 heavy (non-hydrogen) atoms. The molecule has 1 aromatic carbocycles. The van der Waals surface area contributed by atoms with Crippen LogP contribution in [0.3, 0.4) is 0 Å². The number of ether oxygens (including phenoxy) is 2. The number of anilines is 1. The van der Waals surface area contributed by atoms with Gasteiger partial charge < -0.3 is 20.5 Å². The van der Waals surface area contributed by atoms with Gasteiger partial charge in [0.2, 0.25) is 0 Å². The highest BCUT2D eigenvalue weighted by Gasteiger charge is 2.10. The monoisotopic (exact) mass is 266 g/mol. The van der Waals surface area contributed by atoms with Gasteiger partial charge in [-0.05, 0) is 39.0 Å². The predicted octanol–water partition coefficient (Wildman–Crippen LogP) is 1.82. The number of hydrogen-bond donors (Lipinski definition) is 2. The van der Waals surface area contributed by atoms with E-state index in [1.54, 1.807) is 25.2 Å². The first kappa shape index (κ1) is 15.3. The second kappa shape index (κ2) is 6.43. The maximum atomic E-state index is 11.4. The number of carbonyl (C=O) groups excluding carboxylic acids is 1. The lowest BCUT2D eigenvalue weighted by Gasteiger charge is -2.19. The van der Waals surface area contributed by atoms with E-state index < -0.39 is 0 Å². The predicted molar refractivity (Wildman–Crippen MR) is 75.4 cm³/mol. The van der Waals surface area contributed by atoms with Crippen molar-refractivity contribution in [1.29, 1.82) is 0 Å². The lowest BCUT2D eigenvalue weighted by Crippen LogP contribution is -2.22. The van der Waals surface area contributed by atoms with Crippen molar-refractivity contribution in [3.63, 3.8) is 0 Å². The number of nitrogens with one attached hydrogen (secondary N) is 1. The van der Waals surface area contributed by atoms with Gasteiger partial charge in [-0.2, -0.15) is 0 Å². The van der Waals surface area contributed by atoms with Crippen LogP contribution in [0.2, 0.25) is 0 Å². The van der Waals surface area contributed by atoms with Gasteiger partial charge in [0.1, 0.15) is 12.4 Å². The Morgan fingerprint density at radius 3 is 2.53 bits per heavy atom. The van der Waals surface area contributed by atoms with Crippen molar-refractivity contribution in [3.8, 4) is 5.75 Å². The second-order valence-corrected chi connectivity index (χ2v) is 5.14. The number of amides is 1. The largest absolute Gasteiger partial charge is 0.489 e. The molecule has 0 heterocycles. The van der Waals surface area contributed by atoms with Crippen LogP contribution >= 0.6 is 0 Å². The third kappa shape index (κ3) is 5.18. The van der Waals surface area contributed by atoms with E-state index in [4.69, 9.17) is 15.2 Å². The number of carbonyl (C=O) groups is 1. The minimum atomic E-state index is -0.183. The highest BCUT2D eigenvalue weighted by atomic mass is 16.5. The number of nitrogens with two attached hydrogens (primary N) is 1. The second-order valence-electron chi connectivity index (χ2n) is 5.14. The Bertz CT molecular complexity index is 439. The van der Waals surface area contributed by atoms with Gasteiger partial charge in [0.15, 0.2) is 0 Å². The molecule has 106 valence electrons. The van der Waals surface area contributed by atoms with Crippen molar-refractivity contribution >= 4 is 11.6 Å². The van der Waals surface area contributed by atoms with E-state index in [1.165, 1.54) is 0 Å². The zero-order chi connectivity index (χ0) is 14.5. The van der Waals surface area contributed by atoms with Gasteiger partial charge in [-0.25, -0.2) is 0 Å². The molecule has 0 aliphatic heterocycles. The van der Waals surface area contributed by atoms with Gasteiger partial charge in [-0.1, -0.05) is 0 Å². The van der Waals surface area contributed by atoms with E-state index in [9.17, 15) is 4.79 Å². The summed E-state index contributed by atoms with van der Waals surface area (Å²) >= 11 is 0. The topological polar surface area (TPSA) is 73.6 Å². The number of benzene rings is 1. The molecule has 0 radical (unpaired) electrons. The van der Waals surface area contributed by atoms with Crippen LogP contribution in [-0.2, 0) is 4.74 Å². The van der Waals surface area contributed by atoms with Crippen LogP contribution in [-0.4, -0.2) is 31.8 Å². The lowest BCUT2D eigenvalue weighted by atomic mass is 10.2. The van der Waals surface area contributed by atoms with E-state index in [2.05, 4.69) is 5.32 Å². The first-order chi connectivity index (χ1) is 8.83. The van der Waals surface area contributed by atoms with Crippen LogP contribution in [0.25, 0.3) is 0 Å². The zero-order valence-electron chi connectivity index (χ0n) is 11.9. The molecule has 1 rings (SSSR count). The van der Waals surface area contributed by atoms with E-state index in [0.29, 0.717) is 30.2 Å². The molecule has 1 amide bonds. The van der Waals surface area contributed by atoms with Crippen molar-refractivity contribution in [1.82, 2.24) is 5.32 Å². The summed E-state index contributed by atoms with van der Waals surface area (Å²) in [5.74, 6) is 0.388. The Kier molecular flexibility index (Phi) is 5.18. The molecule has 0 bridgehead atoms. The van der Waals surface area contributed by atoms with Gasteiger partial charge in [-0.3, -0.25) is 4.79 Å². The summed E-state index contributed by atoms with van der Waals surface area (Å²) in [5, 5.41) is 2.54. The molecule has 0 saturated heterocycles. The number of rotatable bonds is 5. The van der Waals surface area contributed by atoms with Gasteiger partial charge >= 0.3 is 0 Å². The molecule has 0 atom stereocenters. The fourth-order valence-electron chi connectivity index (χ4n) is 1.46. The van der Waals surface area contributed by atoms with E-state index in [0.717, 1.165) is 0 Å². The molecule has 0 fully saturated rings. The molecule has 5 heteroatoms. The minimum Gasteiger partial charge on any atom is -0.489 e. The molecule has 0 aliphatic carbocycles. The molecule has 0 unspecified atom stereocenters. The van der Waals surface area contributed by atoms with Crippen molar-refractivity contribution < 1.29 is 14.3 Å². The Hall–Kier alpha value is -1.75. The van der Waals surface area contributed by atoms with E-state index in [-0.39, 0.29) is 11.5 Å². The SMILES string of the molecule is CNC(=O)c1ccc(OCCOC(C)(C)C)c(N)c1.